The minimum atomic E-state index is -0.881. The number of nitrogens with one attached hydrogen (secondary N) is 1. The van der Waals surface area contributed by atoms with Crippen LogP contribution in [0.5, 0.6) is 5.75 Å². The maximum atomic E-state index is 14.2. The fraction of sp³-hybridized carbons (Fsp3) is 0.450. The molecule has 28 heavy (non-hydrogen) atoms. The summed E-state index contributed by atoms with van der Waals surface area (Å²) in [5.74, 6) is -2.12. The fourth-order valence-electron chi connectivity index (χ4n) is 3.18. The number of ketones is 1. The summed E-state index contributed by atoms with van der Waals surface area (Å²) in [6, 6.07) is 3.49. The van der Waals surface area contributed by atoms with Crippen molar-refractivity contribution < 1.29 is 27.6 Å². The highest BCUT2D eigenvalue weighted by atomic mass is 19.1. The number of carbonyl (C=O) groups is 2. The number of ether oxygens (including phenoxy) is 1. The first-order valence-electron chi connectivity index (χ1n) is 9.21. The van der Waals surface area contributed by atoms with Gasteiger partial charge in [0.25, 0.3) is 0 Å². The number of amides is 1. The van der Waals surface area contributed by atoms with Crippen LogP contribution in [-0.4, -0.2) is 23.0 Å². The molecule has 1 heterocycles. The summed E-state index contributed by atoms with van der Waals surface area (Å²) < 4.78 is 39.1. The molecule has 1 saturated carbocycles. The Morgan fingerprint density at radius 2 is 1.93 bits per heavy atom. The molecule has 6 nitrogen and oxygen atoms in total. The monoisotopic (exact) mass is 392 g/mol. The van der Waals surface area contributed by atoms with Crippen LogP contribution >= 0.6 is 0 Å². The summed E-state index contributed by atoms with van der Waals surface area (Å²) in [5, 5.41) is 6.73. The number of rotatable bonds is 7. The Labute approximate surface area is 161 Å². The Morgan fingerprint density at radius 3 is 2.50 bits per heavy atom. The lowest BCUT2D eigenvalue weighted by atomic mass is 9.80. The molecular weight excluding hydrogens is 370 g/mol. The highest BCUT2D eigenvalue weighted by Gasteiger charge is 2.35. The smallest absolute Gasteiger partial charge is 0.217 e. The summed E-state index contributed by atoms with van der Waals surface area (Å²) in [6.45, 7) is 4.84. The molecule has 1 aromatic heterocycles. The van der Waals surface area contributed by atoms with Crippen LogP contribution in [0, 0.1) is 11.6 Å². The molecule has 8 heteroatoms. The molecule has 2 aromatic rings. The van der Waals surface area contributed by atoms with E-state index in [9.17, 15) is 18.4 Å². The van der Waals surface area contributed by atoms with Crippen LogP contribution in [0.1, 0.15) is 73.8 Å². The van der Waals surface area contributed by atoms with Gasteiger partial charge in [0.2, 0.25) is 5.91 Å². The molecule has 0 unspecified atom stereocenters. The van der Waals surface area contributed by atoms with Gasteiger partial charge in [0, 0.05) is 30.9 Å². The summed E-state index contributed by atoms with van der Waals surface area (Å²) >= 11 is 0. The van der Waals surface area contributed by atoms with E-state index < -0.39 is 17.4 Å². The second-order valence-corrected chi connectivity index (χ2v) is 7.03. The number of carbonyl (C=O) groups excluding carboxylic acids is 2. The van der Waals surface area contributed by atoms with Crippen molar-refractivity contribution in [1.29, 1.82) is 0 Å². The van der Waals surface area contributed by atoms with Crippen molar-refractivity contribution in [3.8, 4) is 5.75 Å². The Hall–Kier alpha value is -2.77. The molecule has 1 aliphatic carbocycles. The van der Waals surface area contributed by atoms with Crippen molar-refractivity contribution in [2.75, 3.05) is 0 Å². The Bertz CT molecular complexity index is 867. The first-order chi connectivity index (χ1) is 13.3. The van der Waals surface area contributed by atoms with E-state index in [1.165, 1.54) is 6.92 Å². The van der Waals surface area contributed by atoms with E-state index in [0.717, 1.165) is 17.8 Å². The van der Waals surface area contributed by atoms with Gasteiger partial charge >= 0.3 is 0 Å². The third-order valence-corrected chi connectivity index (χ3v) is 4.83. The van der Waals surface area contributed by atoms with Gasteiger partial charge in [-0.25, -0.2) is 8.78 Å². The van der Waals surface area contributed by atoms with Crippen molar-refractivity contribution in [2.45, 2.75) is 58.1 Å². The summed E-state index contributed by atoms with van der Waals surface area (Å²) in [5.41, 5.74) is 0.719. The maximum Gasteiger partial charge on any atom is 0.217 e. The highest BCUT2D eigenvalue weighted by Crippen LogP contribution is 2.40. The molecule has 0 spiro atoms. The third kappa shape index (κ3) is 4.21. The number of aromatic nitrogens is 1. The Morgan fingerprint density at radius 1 is 1.29 bits per heavy atom. The van der Waals surface area contributed by atoms with Gasteiger partial charge < -0.3 is 14.6 Å². The standard InChI is InChI=1S/C20H22F2N2O4/c1-4-18(26)13-7-15(21)20(16(22)8-13)27-14-5-12(6-14)17-9-19(28-24-17)10(2)23-11(3)25/h7-10,12,14H,4-6H2,1-3H3,(H,23,25)/t10-,12?,14?/m0/s1. The predicted molar refractivity (Wildman–Crippen MR) is 96.1 cm³/mol. The highest BCUT2D eigenvalue weighted by molar-refractivity contribution is 5.96. The lowest BCUT2D eigenvalue weighted by Crippen LogP contribution is -2.33. The number of hydrogen-bond acceptors (Lipinski definition) is 5. The van der Waals surface area contributed by atoms with Crippen molar-refractivity contribution >= 4 is 11.7 Å². The van der Waals surface area contributed by atoms with E-state index in [2.05, 4.69) is 10.5 Å². The van der Waals surface area contributed by atoms with E-state index >= 15 is 0 Å². The van der Waals surface area contributed by atoms with Gasteiger partial charge in [-0.05, 0) is 31.9 Å². The van der Waals surface area contributed by atoms with Crippen molar-refractivity contribution in [2.24, 2.45) is 0 Å². The molecule has 1 aliphatic rings. The second kappa shape index (κ2) is 8.08. The summed E-state index contributed by atoms with van der Waals surface area (Å²) in [6.07, 6.45) is 0.892. The van der Waals surface area contributed by atoms with Crippen LogP contribution in [0.4, 0.5) is 8.78 Å². The number of Topliss-reactive ketones (excluding diaryl/α,β-unsaturated/α-hetero) is 1. The lowest BCUT2D eigenvalue weighted by molar-refractivity contribution is -0.119. The van der Waals surface area contributed by atoms with Gasteiger partial charge in [0.1, 0.15) is 6.10 Å². The zero-order valence-electron chi connectivity index (χ0n) is 15.9. The molecule has 150 valence electrons. The van der Waals surface area contributed by atoms with E-state index in [1.807, 2.05) is 0 Å². The van der Waals surface area contributed by atoms with Crippen LogP contribution in [0.15, 0.2) is 22.7 Å². The number of hydrogen-bond donors (Lipinski definition) is 1. The quantitative estimate of drug-likeness (QED) is 0.719. The molecule has 0 aliphatic heterocycles. The lowest BCUT2D eigenvalue weighted by Gasteiger charge is -2.34. The maximum absolute atomic E-state index is 14.2. The molecule has 1 amide bonds. The SMILES string of the molecule is CCC(=O)c1cc(F)c(OC2CC(c3cc([C@H](C)NC(C)=O)on3)C2)c(F)c1. The zero-order valence-corrected chi connectivity index (χ0v) is 15.9. The molecule has 0 radical (unpaired) electrons. The average molecular weight is 392 g/mol. The molecule has 1 atom stereocenters. The van der Waals surface area contributed by atoms with E-state index in [4.69, 9.17) is 9.26 Å². The van der Waals surface area contributed by atoms with Gasteiger partial charge in [-0.1, -0.05) is 12.1 Å². The Kier molecular flexibility index (Phi) is 5.76. The van der Waals surface area contributed by atoms with Crippen LogP contribution < -0.4 is 10.1 Å². The molecule has 1 aromatic carbocycles. The van der Waals surface area contributed by atoms with Gasteiger partial charge in [0.05, 0.1) is 11.7 Å². The minimum Gasteiger partial charge on any atom is -0.484 e. The number of nitrogens with zero attached hydrogens (tertiary/aromatic N) is 1. The second-order valence-electron chi connectivity index (χ2n) is 7.03. The van der Waals surface area contributed by atoms with Crippen LogP contribution in [0.2, 0.25) is 0 Å². The predicted octanol–water partition coefficient (Wildman–Crippen LogP) is 4.07. The molecule has 3 rings (SSSR count). The van der Waals surface area contributed by atoms with Gasteiger partial charge in [-0.3, -0.25) is 9.59 Å². The van der Waals surface area contributed by atoms with Crippen molar-refractivity contribution in [3.05, 3.63) is 46.9 Å². The number of benzene rings is 1. The first-order valence-corrected chi connectivity index (χ1v) is 9.21. The van der Waals surface area contributed by atoms with E-state index in [0.29, 0.717) is 18.6 Å². The third-order valence-electron chi connectivity index (χ3n) is 4.83. The topological polar surface area (TPSA) is 81.4 Å². The van der Waals surface area contributed by atoms with Crippen LogP contribution in [0.25, 0.3) is 0 Å². The van der Waals surface area contributed by atoms with E-state index in [1.54, 1.807) is 19.9 Å². The van der Waals surface area contributed by atoms with Gasteiger partial charge in [-0.15, -0.1) is 0 Å². The largest absolute Gasteiger partial charge is 0.484 e. The normalized spacial score (nSPS) is 19.6. The minimum absolute atomic E-state index is 0.000229. The summed E-state index contributed by atoms with van der Waals surface area (Å²) in [7, 11) is 0. The Balaban J connectivity index is 1.60. The fourth-order valence-corrected chi connectivity index (χ4v) is 3.18. The number of halogens is 2. The van der Waals surface area contributed by atoms with Gasteiger partial charge in [0.15, 0.2) is 28.9 Å². The van der Waals surface area contributed by atoms with Gasteiger partial charge in [-0.2, -0.15) is 0 Å². The van der Waals surface area contributed by atoms with E-state index in [-0.39, 0.29) is 41.7 Å². The zero-order chi connectivity index (χ0) is 20.4. The van der Waals surface area contributed by atoms with Crippen molar-refractivity contribution in [1.82, 2.24) is 10.5 Å². The molecular formula is C20H22F2N2O4. The first kappa shape index (κ1) is 20.0. The van der Waals surface area contributed by atoms with Crippen molar-refractivity contribution in [3.63, 3.8) is 0 Å². The molecule has 0 saturated heterocycles. The molecule has 1 N–H and O–H groups in total. The molecule has 0 bridgehead atoms. The van der Waals surface area contributed by atoms with Crippen LogP contribution in [-0.2, 0) is 4.79 Å². The average Bonchev–Trinajstić information content (AvgIpc) is 3.07. The van der Waals surface area contributed by atoms with Crippen LogP contribution in [0.3, 0.4) is 0 Å². The summed E-state index contributed by atoms with van der Waals surface area (Å²) in [4.78, 5) is 22.7. The molecule has 1 fully saturated rings.